The SMILES string of the molecule is C=C(C)/C=C(\C)[C@@](C)(CCO[Si](c1ccccc1)(c1ccccc1)C(C)(C)C)OCc1ccc(OC)cc1. The number of hydrogen-bond acceptors (Lipinski definition) is 3. The second kappa shape index (κ2) is 12.7. The lowest BCUT2D eigenvalue weighted by molar-refractivity contribution is -0.0290. The summed E-state index contributed by atoms with van der Waals surface area (Å²) >= 11 is 0. The Morgan fingerprint density at radius 3 is 1.79 bits per heavy atom. The summed E-state index contributed by atoms with van der Waals surface area (Å²) in [6.07, 6.45) is 2.85. The normalized spacial score (nSPS) is 14.1. The number of benzene rings is 3. The van der Waals surface area contributed by atoms with Gasteiger partial charge >= 0.3 is 0 Å². The van der Waals surface area contributed by atoms with Crippen LogP contribution in [-0.4, -0.2) is 27.6 Å². The molecule has 0 aliphatic carbocycles. The molecule has 0 heterocycles. The molecule has 0 amide bonds. The molecule has 0 fully saturated rings. The molecule has 0 saturated heterocycles. The van der Waals surface area contributed by atoms with E-state index >= 15 is 0 Å². The van der Waals surface area contributed by atoms with Gasteiger partial charge in [-0.15, -0.1) is 0 Å². The lowest BCUT2D eigenvalue weighted by Crippen LogP contribution is -2.66. The Labute approximate surface area is 231 Å². The van der Waals surface area contributed by atoms with Crippen LogP contribution in [0.15, 0.2) is 109 Å². The molecule has 0 spiro atoms. The molecule has 1 atom stereocenters. The van der Waals surface area contributed by atoms with Crippen LogP contribution in [0.3, 0.4) is 0 Å². The second-order valence-electron chi connectivity index (χ2n) is 11.3. The van der Waals surface area contributed by atoms with E-state index < -0.39 is 13.9 Å². The summed E-state index contributed by atoms with van der Waals surface area (Å²) in [4.78, 5) is 0. The molecule has 0 unspecified atom stereocenters. The van der Waals surface area contributed by atoms with E-state index in [4.69, 9.17) is 13.9 Å². The maximum absolute atomic E-state index is 7.19. The maximum Gasteiger partial charge on any atom is 0.261 e. The molecule has 0 aliphatic rings. The van der Waals surface area contributed by atoms with E-state index in [0.29, 0.717) is 13.2 Å². The molecule has 38 heavy (non-hydrogen) atoms. The summed E-state index contributed by atoms with van der Waals surface area (Å²) in [6.45, 7) is 18.4. The molecule has 4 heteroatoms. The third-order valence-corrected chi connectivity index (χ3v) is 12.4. The van der Waals surface area contributed by atoms with E-state index in [2.05, 4.69) is 120 Å². The topological polar surface area (TPSA) is 27.7 Å². The van der Waals surface area contributed by atoms with Crippen LogP contribution >= 0.6 is 0 Å². The van der Waals surface area contributed by atoms with Gasteiger partial charge in [0.25, 0.3) is 8.32 Å². The third-order valence-electron chi connectivity index (χ3n) is 7.33. The van der Waals surface area contributed by atoms with Crippen molar-refractivity contribution in [2.24, 2.45) is 0 Å². The van der Waals surface area contributed by atoms with Crippen molar-refractivity contribution < 1.29 is 13.9 Å². The zero-order valence-corrected chi connectivity index (χ0v) is 25.2. The van der Waals surface area contributed by atoms with E-state index in [1.54, 1.807) is 7.11 Å². The number of ether oxygens (including phenoxy) is 2. The summed E-state index contributed by atoms with van der Waals surface area (Å²) in [5, 5.41) is 2.50. The standard InChI is InChI=1S/C34H44O3Si/c1-27(2)25-28(3)34(7,36-26-29-19-21-30(35-8)22-20-29)23-24-37-38(33(4,5)6,31-15-11-9-12-16-31)32-17-13-10-14-18-32/h9-22,25H,1,23-24,26H2,2-8H3/b28-25+/t34-/m1/s1. The molecule has 0 radical (unpaired) electrons. The highest BCUT2D eigenvalue weighted by atomic mass is 28.4. The van der Waals surface area contributed by atoms with Gasteiger partial charge in [-0.25, -0.2) is 0 Å². The lowest BCUT2D eigenvalue weighted by Gasteiger charge is -2.44. The fraction of sp³-hybridized carbons (Fsp3) is 0.353. The molecule has 3 aromatic carbocycles. The van der Waals surface area contributed by atoms with Crippen LogP contribution < -0.4 is 15.1 Å². The minimum Gasteiger partial charge on any atom is -0.497 e. The van der Waals surface area contributed by atoms with Gasteiger partial charge in [0.2, 0.25) is 0 Å². The quantitative estimate of drug-likeness (QED) is 0.180. The van der Waals surface area contributed by atoms with Gasteiger partial charge in [-0.1, -0.05) is 112 Å². The van der Waals surface area contributed by atoms with Crippen LogP contribution in [-0.2, 0) is 15.8 Å². The predicted molar refractivity (Wildman–Crippen MR) is 163 cm³/mol. The van der Waals surface area contributed by atoms with Gasteiger partial charge in [-0.05, 0) is 59.5 Å². The van der Waals surface area contributed by atoms with Crippen molar-refractivity contribution in [1.29, 1.82) is 0 Å². The van der Waals surface area contributed by atoms with Gasteiger partial charge in [-0.2, -0.15) is 0 Å². The van der Waals surface area contributed by atoms with E-state index in [0.717, 1.165) is 28.9 Å². The predicted octanol–water partition coefficient (Wildman–Crippen LogP) is 7.46. The van der Waals surface area contributed by atoms with Crippen molar-refractivity contribution in [3.63, 3.8) is 0 Å². The van der Waals surface area contributed by atoms with Crippen molar-refractivity contribution >= 4 is 18.7 Å². The summed E-state index contributed by atoms with van der Waals surface area (Å²) in [6, 6.07) is 29.6. The molecule has 3 nitrogen and oxygen atoms in total. The lowest BCUT2D eigenvalue weighted by atomic mass is 9.92. The fourth-order valence-electron chi connectivity index (χ4n) is 5.03. The van der Waals surface area contributed by atoms with E-state index in [1.165, 1.54) is 10.4 Å². The van der Waals surface area contributed by atoms with Crippen LogP contribution in [0.4, 0.5) is 0 Å². The smallest absolute Gasteiger partial charge is 0.261 e. The van der Waals surface area contributed by atoms with Crippen LogP contribution in [0.2, 0.25) is 5.04 Å². The second-order valence-corrected chi connectivity index (χ2v) is 15.6. The summed E-state index contributed by atoms with van der Waals surface area (Å²) in [7, 11) is -0.939. The van der Waals surface area contributed by atoms with E-state index in [1.807, 2.05) is 19.1 Å². The average Bonchev–Trinajstić information content (AvgIpc) is 2.90. The number of hydrogen-bond donors (Lipinski definition) is 0. The first-order valence-corrected chi connectivity index (χ1v) is 15.3. The highest BCUT2D eigenvalue weighted by molar-refractivity contribution is 6.99. The Bertz CT molecular complexity index is 1150. The third kappa shape index (κ3) is 6.93. The minimum absolute atomic E-state index is 0.0708. The van der Waals surface area contributed by atoms with Crippen molar-refractivity contribution in [1.82, 2.24) is 0 Å². The molecule has 3 rings (SSSR count). The van der Waals surface area contributed by atoms with Gasteiger partial charge in [0.1, 0.15) is 5.75 Å². The number of rotatable bonds is 12. The molecule has 0 bridgehead atoms. The minimum atomic E-state index is -2.62. The zero-order chi connectivity index (χ0) is 27.8. The van der Waals surface area contributed by atoms with Crippen LogP contribution in [0.1, 0.15) is 53.5 Å². The van der Waals surface area contributed by atoms with Gasteiger partial charge in [0.15, 0.2) is 0 Å². The highest BCUT2D eigenvalue weighted by Crippen LogP contribution is 2.38. The maximum atomic E-state index is 7.19. The first kappa shape index (κ1) is 29.6. The average molecular weight is 529 g/mol. The highest BCUT2D eigenvalue weighted by Gasteiger charge is 2.50. The largest absolute Gasteiger partial charge is 0.497 e. The Balaban J connectivity index is 1.92. The van der Waals surface area contributed by atoms with Crippen molar-refractivity contribution in [2.75, 3.05) is 13.7 Å². The van der Waals surface area contributed by atoms with E-state index in [9.17, 15) is 0 Å². The molecular formula is C34H44O3Si. The molecule has 3 aromatic rings. The Kier molecular flexibility index (Phi) is 9.94. The molecule has 202 valence electrons. The molecule has 0 aromatic heterocycles. The molecule has 0 aliphatic heterocycles. The molecule has 0 saturated carbocycles. The van der Waals surface area contributed by atoms with Crippen LogP contribution in [0.25, 0.3) is 0 Å². The van der Waals surface area contributed by atoms with Crippen molar-refractivity contribution in [3.05, 3.63) is 114 Å². The monoisotopic (exact) mass is 528 g/mol. The van der Waals surface area contributed by atoms with E-state index in [-0.39, 0.29) is 5.04 Å². The van der Waals surface area contributed by atoms with Crippen LogP contribution in [0, 0.1) is 0 Å². The molecular weight excluding hydrogens is 484 g/mol. The number of methoxy groups -OCH3 is 1. The van der Waals surface area contributed by atoms with Crippen molar-refractivity contribution in [3.8, 4) is 5.75 Å². The summed E-state index contributed by atoms with van der Waals surface area (Å²) in [5.41, 5.74) is 2.75. The Morgan fingerprint density at radius 2 is 1.34 bits per heavy atom. The van der Waals surface area contributed by atoms with Gasteiger partial charge in [-0.3, -0.25) is 0 Å². The fourth-order valence-corrected chi connectivity index (χ4v) is 9.59. The number of allylic oxidation sites excluding steroid dienone is 2. The van der Waals surface area contributed by atoms with Gasteiger partial charge < -0.3 is 13.9 Å². The van der Waals surface area contributed by atoms with Crippen LogP contribution in [0.5, 0.6) is 5.75 Å². The van der Waals surface area contributed by atoms with Gasteiger partial charge in [0, 0.05) is 13.0 Å². The first-order chi connectivity index (χ1) is 18.0. The summed E-state index contributed by atoms with van der Waals surface area (Å²) in [5.74, 6) is 0.841. The van der Waals surface area contributed by atoms with Gasteiger partial charge in [0.05, 0.1) is 19.3 Å². The zero-order valence-electron chi connectivity index (χ0n) is 24.2. The summed E-state index contributed by atoms with van der Waals surface area (Å²) < 4.78 is 19.2. The van der Waals surface area contributed by atoms with Crippen molar-refractivity contribution in [2.45, 2.75) is 65.2 Å². The Morgan fingerprint density at radius 1 is 0.816 bits per heavy atom. The Hall–Kier alpha value is -2.92. The first-order valence-electron chi connectivity index (χ1n) is 13.4. The molecule has 0 N–H and O–H groups in total.